The van der Waals surface area contributed by atoms with E-state index in [1.165, 1.54) is 0 Å². The smallest absolute Gasteiger partial charge is 0.263 e. The van der Waals surface area contributed by atoms with Crippen LogP contribution in [0.15, 0.2) is 12.1 Å². The molecule has 1 fully saturated rings. The third kappa shape index (κ3) is 3.67. The fourth-order valence-electron chi connectivity index (χ4n) is 2.19. The van der Waals surface area contributed by atoms with Gasteiger partial charge in [0.2, 0.25) is 0 Å². The van der Waals surface area contributed by atoms with Crippen molar-refractivity contribution in [3.63, 3.8) is 0 Å². The molecule has 19 heavy (non-hydrogen) atoms. The Morgan fingerprint density at radius 1 is 1.16 bits per heavy atom. The van der Waals surface area contributed by atoms with Crippen molar-refractivity contribution in [2.45, 2.75) is 12.8 Å². The van der Waals surface area contributed by atoms with E-state index in [4.69, 9.17) is 0 Å². The maximum atomic E-state index is 13.5. The van der Waals surface area contributed by atoms with Crippen molar-refractivity contribution < 1.29 is 17.6 Å². The van der Waals surface area contributed by atoms with E-state index in [1.54, 1.807) is 0 Å². The quantitative estimate of drug-likeness (QED) is 0.849. The van der Waals surface area contributed by atoms with E-state index in [0.717, 1.165) is 32.2 Å². The summed E-state index contributed by atoms with van der Waals surface area (Å²) in [6, 6.07) is 1.62. The maximum Gasteiger partial charge on any atom is 0.263 e. The number of benzene rings is 1. The van der Waals surface area contributed by atoms with Gasteiger partial charge in [0.05, 0.1) is 0 Å². The van der Waals surface area contributed by atoms with Crippen LogP contribution in [-0.2, 0) is 6.42 Å². The first-order valence-corrected chi connectivity index (χ1v) is 6.27. The molecule has 1 saturated heterocycles. The molecule has 0 unspecified atom stereocenters. The van der Waals surface area contributed by atoms with Gasteiger partial charge in [-0.1, -0.05) is 0 Å². The summed E-state index contributed by atoms with van der Waals surface area (Å²) in [6.07, 6.45) is -2.54. The number of halogens is 4. The fourth-order valence-corrected chi connectivity index (χ4v) is 2.19. The summed E-state index contributed by atoms with van der Waals surface area (Å²) in [7, 11) is 0. The molecule has 0 atom stereocenters. The summed E-state index contributed by atoms with van der Waals surface area (Å²) in [4.78, 5) is 2.10. The second kappa shape index (κ2) is 6.34. The highest BCUT2D eigenvalue weighted by Gasteiger charge is 2.17. The van der Waals surface area contributed by atoms with Crippen LogP contribution in [0.25, 0.3) is 0 Å². The third-order valence-electron chi connectivity index (χ3n) is 3.28. The van der Waals surface area contributed by atoms with Gasteiger partial charge in [-0.15, -0.1) is 0 Å². The minimum absolute atomic E-state index is 0.0221. The molecule has 1 heterocycles. The lowest BCUT2D eigenvalue weighted by molar-refractivity contribution is 0.150. The first-order chi connectivity index (χ1) is 9.08. The second-order valence-electron chi connectivity index (χ2n) is 4.62. The molecule has 0 amide bonds. The number of rotatable bonds is 4. The predicted octanol–water partition coefficient (Wildman–Crippen LogP) is 2.35. The minimum Gasteiger partial charge on any atom is -0.314 e. The molecule has 0 aromatic heterocycles. The Morgan fingerprint density at radius 3 is 2.47 bits per heavy atom. The van der Waals surface area contributed by atoms with Crippen LogP contribution in [0.1, 0.15) is 17.6 Å². The molecule has 1 aliphatic heterocycles. The van der Waals surface area contributed by atoms with Gasteiger partial charge in [0, 0.05) is 38.3 Å². The Hall–Kier alpha value is -1.14. The van der Waals surface area contributed by atoms with Gasteiger partial charge in [-0.3, -0.25) is 0 Å². The van der Waals surface area contributed by atoms with E-state index in [2.05, 4.69) is 10.2 Å². The highest BCUT2D eigenvalue weighted by molar-refractivity contribution is 5.27. The summed E-state index contributed by atoms with van der Waals surface area (Å²) >= 11 is 0. The van der Waals surface area contributed by atoms with Gasteiger partial charge in [0.1, 0.15) is 0 Å². The van der Waals surface area contributed by atoms with Crippen molar-refractivity contribution in [3.8, 4) is 0 Å². The number of alkyl halides is 2. The van der Waals surface area contributed by atoms with Gasteiger partial charge in [-0.25, -0.2) is 17.6 Å². The zero-order valence-corrected chi connectivity index (χ0v) is 10.4. The average molecular weight is 276 g/mol. The molecule has 0 spiro atoms. The molecular formula is C13H16F4N2. The first kappa shape index (κ1) is 14.3. The van der Waals surface area contributed by atoms with E-state index in [-0.39, 0.29) is 12.0 Å². The van der Waals surface area contributed by atoms with Gasteiger partial charge in [0.25, 0.3) is 6.43 Å². The lowest BCUT2D eigenvalue weighted by atomic mass is 10.1. The SMILES string of the molecule is Fc1cc(C(F)F)cc(CCN2CCNCC2)c1F. The summed E-state index contributed by atoms with van der Waals surface area (Å²) in [5.74, 6) is -2.22. The molecule has 1 N–H and O–H groups in total. The molecule has 2 rings (SSSR count). The summed E-state index contributed by atoms with van der Waals surface area (Å²) in [6.45, 7) is 3.92. The lowest BCUT2D eigenvalue weighted by Crippen LogP contribution is -2.44. The van der Waals surface area contributed by atoms with E-state index in [1.807, 2.05) is 0 Å². The highest BCUT2D eigenvalue weighted by atomic mass is 19.3. The van der Waals surface area contributed by atoms with Crippen LogP contribution >= 0.6 is 0 Å². The number of piperazine rings is 1. The van der Waals surface area contributed by atoms with Crippen molar-refractivity contribution in [3.05, 3.63) is 34.9 Å². The standard InChI is InChI=1S/C13H16F4N2/c14-11-8-10(13(16)17)7-9(12(11)15)1-4-19-5-2-18-3-6-19/h7-8,13,18H,1-6H2. The fraction of sp³-hybridized carbons (Fsp3) is 0.538. The average Bonchev–Trinajstić information content (AvgIpc) is 2.41. The minimum atomic E-state index is -2.78. The van der Waals surface area contributed by atoms with Crippen LogP contribution in [0.4, 0.5) is 17.6 Å². The van der Waals surface area contributed by atoms with Gasteiger partial charge >= 0.3 is 0 Å². The molecule has 0 aliphatic carbocycles. The molecule has 1 aliphatic rings. The van der Waals surface area contributed by atoms with Gasteiger partial charge < -0.3 is 10.2 Å². The van der Waals surface area contributed by atoms with Crippen molar-refractivity contribution in [1.82, 2.24) is 10.2 Å². The first-order valence-electron chi connectivity index (χ1n) is 6.27. The maximum absolute atomic E-state index is 13.5. The molecule has 106 valence electrons. The topological polar surface area (TPSA) is 15.3 Å². The van der Waals surface area contributed by atoms with Crippen LogP contribution in [0.3, 0.4) is 0 Å². The lowest BCUT2D eigenvalue weighted by Gasteiger charge is -2.27. The number of hydrogen-bond donors (Lipinski definition) is 1. The van der Waals surface area contributed by atoms with Gasteiger partial charge in [-0.2, -0.15) is 0 Å². The van der Waals surface area contributed by atoms with Crippen molar-refractivity contribution in [2.24, 2.45) is 0 Å². The Bertz CT molecular complexity index is 431. The van der Waals surface area contributed by atoms with Crippen molar-refractivity contribution in [2.75, 3.05) is 32.7 Å². The molecule has 1 aromatic rings. The number of hydrogen-bond acceptors (Lipinski definition) is 2. The second-order valence-corrected chi connectivity index (χ2v) is 4.62. The third-order valence-corrected chi connectivity index (χ3v) is 3.28. The van der Waals surface area contributed by atoms with Crippen LogP contribution in [0, 0.1) is 11.6 Å². The zero-order chi connectivity index (χ0) is 13.8. The monoisotopic (exact) mass is 276 g/mol. The van der Waals surface area contributed by atoms with Crippen LogP contribution in [0.5, 0.6) is 0 Å². The summed E-state index contributed by atoms with van der Waals surface area (Å²) < 4.78 is 51.9. The Balaban J connectivity index is 2.05. The van der Waals surface area contributed by atoms with E-state index in [0.29, 0.717) is 12.6 Å². The Kier molecular flexibility index (Phi) is 4.76. The summed E-state index contributed by atoms with van der Waals surface area (Å²) in [5.41, 5.74) is -0.442. The van der Waals surface area contributed by atoms with E-state index >= 15 is 0 Å². The molecule has 0 saturated carbocycles. The molecular weight excluding hydrogens is 260 g/mol. The summed E-state index contributed by atoms with van der Waals surface area (Å²) in [5, 5.41) is 3.18. The van der Waals surface area contributed by atoms with Gasteiger partial charge in [0.15, 0.2) is 11.6 Å². The van der Waals surface area contributed by atoms with Crippen molar-refractivity contribution in [1.29, 1.82) is 0 Å². The normalized spacial score (nSPS) is 17.1. The largest absolute Gasteiger partial charge is 0.314 e. The Morgan fingerprint density at radius 2 is 1.84 bits per heavy atom. The van der Waals surface area contributed by atoms with Crippen LogP contribution in [0.2, 0.25) is 0 Å². The van der Waals surface area contributed by atoms with E-state index in [9.17, 15) is 17.6 Å². The number of nitrogens with zero attached hydrogens (tertiary/aromatic N) is 1. The molecule has 2 nitrogen and oxygen atoms in total. The Labute approximate surface area is 109 Å². The zero-order valence-electron chi connectivity index (χ0n) is 10.4. The predicted molar refractivity (Wildman–Crippen MR) is 64.3 cm³/mol. The highest BCUT2D eigenvalue weighted by Crippen LogP contribution is 2.24. The van der Waals surface area contributed by atoms with Crippen LogP contribution in [-0.4, -0.2) is 37.6 Å². The van der Waals surface area contributed by atoms with Crippen LogP contribution < -0.4 is 5.32 Å². The number of nitrogens with one attached hydrogen (secondary N) is 1. The van der Waals surface area contributed by atoms with E-state index < -0.39 is 23.6 Å². The molecule has 6 heteroatoms. The molecule has 1 aromatic carbocycles. The molecule has 0 bridgehead atoms. The molecule has 0 radical (unpaired) electrons. The van der Waals surface area contributed by atoms with Gasteiger partial charge in [-0.05, 0) is 24.1 Å². The van der Waals surface area contributed by atoms with Crippen molar-refractivity contribution >= 4 is 0 Å².